The second-order valence-electron chi connectivity index (χ2n) is 2.55. The zero-order valence-electron chi connectivity index (χ0n) is 6.68. The van der Waals surface area contributed by atoms with Gasteiger partial charge in [-0.1, -0.05) is 0 Å². The molecule has 0 bridgehead atoms. The summed E-state index contributed by atoms with van der Waals surface area (Å²) >= 11 is 0. The molecule has 0 aliphatic carbocycles. The zero-order valence-corrected chi connectivity index (χ0v) is 6.68. The average Bonchev–Trinajstić information content (AvgIpc) is 2.36. The van der Waals surface area contributed by atoms with Gasteiger partial charge >= 0.3 is 0 Å². The third-order valence-electron chi connectivity index (χ3n) is 1.91. The number of rotatable bonds is 3. The van der Waals surface area contributed by atoms with Crippen molar-refractivity contribution in [3.63, 3.8) is 0 Å². The molecule has 0 aromatic heterocycles. The first-order valence-corrected chi connectivity index (χ1v) is 3.88. The van der Waals surface area contributed by atoms with Crippen LogP contribution >= 0.6 is 0 Å². The SMILES string of the molecule is CCOC1CNCC1NC. The van der Waals surface area contributed by atoms with Crippen molar-refractivity contribution < 1.29 is 4.74 Å². The van der Waals surface area contributed by atoms with Crippen molar-refractivity contribution in [2.45, 2.75) is 19.1 Å². The lowest BCUT2D eigenvalue weighted by Gasteiger charge is -2.16. The summed E-state index contributed by atoms with van der Waals surface area (Å²) in [5.74, 6) is 0. The number of likely N-dealkylation sites (N-methyl/N-ethyl adjacent to an activating group) is 1. The summed E-state index contributed by atoms with van der Waals surface area (Å²) in [6.45, 7) is 4.86. The quantitative estimate of drug-likeness (QED) is 0.564. The monoisotopic (exact) mass is 144 g/mol. The van der Waals surface area contributed by atoms with E-state index in [2.05, 4.69) is 10.6 Å². The molecule has 3 nitrogen and oxygen atoms in total. The molecule has 1 aliphatic heterocycles. The first-order valence-electron chi connectivity index (χ1n) is 3.88. The molecule has 0 aromatic rings. The lowest BCUT2D eigenvalue weighted by molar-refractivity contribution is 0.0605. The Bertz CT molecular complexity index is 97.6. The van der Waals surface area contributed by atoms with Crippen LogP contribution in [0.4, 0.5) is 0 Å². The molecule has 0 saturated carbocycles. The van der Waals surface area contributed by atoms with Crippen LogP contribution in [0.3, 0.4) is 0 Å². The lowest BCUT2D eigenvalue weighted by Crippen LogP contribution is -2.38. The minimum Gasteiger partial charge on any atom is -0.376 e. The molecule has 0 aromatic carbocycles. The Morgan fingerprint density at radius 2 is 2.40 bits per heavy atom. The van der Waals surface area contributed by atoms with Gasteiger partial charge in [-0.2, -0.15) is 0 Å². The van der Waals surface area contributed by atoms with E-state index >= 15 is 0 Å². The van der Waals surface area contributed by atoms with Crippen LogP contribution < -0.4 is 10.6 Å². The van der Waals surface area contributed by atoms with Gasteiger partial charge in [-0.05, 0) is 14.0 Å². The first kappa shape index (κ1) is 7.98. The standard InChI is InChI=1S/C7H16N2O/c1-3-10-7-5-9-4-6(7)8-2/h6-9H,3-5H2,1-2H3. The van der Waals surface area contributed by atoms with Crippen molar-refractivity contribution in [2.75, 3.05) is 26.7 Å². The van der Waals surface area contributed by atoms with Gasteiger partial charge in [0.15, 0.2) is 0 Å². The van der Waals surface area contributed by atoms with Crippen LogP contribution in [-0.2, 0) is 4.74 Å². The highest BCUT2D eigenvalue weighted by Crippen LogP contribution is 2.03. The average molecular weight is 144 g/mol. The molecule has 10 heavy (non-hydrogen) atoms. The summed E-state index contributed by atoms with van der Waals surface area (Å²) in [7, 11) is 1.98. The maximum Gasteiger partial charge on any atom is 0.0864 e. The molecule has 1 fully saturated rings. The van der Waals surface area contributed by atoms with Gasteiger partial charge < -0.3 is 15.4 Å². The van der Waals surface area contributed by atoms with E-state index in [0.717, 1.165) is 19.7 Å². The second kappa shape index (κ2) is 3.91. The predicted molar refractivity (Wildman–Crippen MR) is 41.1 cm³/mol. The summed E-state index contributed by atoms with van der Waals surface area (Å²) in [5.41, 5.74) is 0. The van der Waals surface area contributed by atoms with Crippen LogP contribution in [0.25, 0.3) is 0 Å². The van der Waals surface area contributed by atoms with Gasteiger partial charge in [0.2, 0.25) is 0 Å². The van der Waals surface area contributed by atoms with Gasteiger partial charge in [0.05, 0.1) is 6.10 Å². The Balaban J connectivity index is 2.27. The van der Waals surface area contributed by atoms with E-state index in [1.165, 1.54) is 0 Å². The Kier molecular flexibility index (Phi) is 3.12. The normalized spacial score (nSPS) is 33.0. The van der Waals surface area contributed by atoms with E-state index in [0.29, 0.717) is 12.1 Å². The third-order valence-corrected chi connectivity index (χ3v) is 1.91. The fourth-order valence-corrected chi connectivity index (χ4v) is 1.33. The molecule has 1 heterocycles. The van der Waals surface area contributed by atoms with Crippen molar-refractivity contribution >= 4 is 0 Å². The molecule has 60 valence electrons. The Morgan fingerprint density at radius 3 is 3.00 bits per heavy atom. The van der Waals surface area contributed by atoms with E-state index in [-0.39, 0.29) is 0 Å². The molecular weight excluding hydrogens is 128 g/mol. The summed E-state index contributed by atoms with van der Waals surface area (Å²) in [4.78, 5) is 0. The topological polar surface area (TPSA) is 33.3 Å². The largest absolute Gasteiger partial charge is 0.376 e. The van der Waals surface area contributed by atoms with E-state index in [4.69, 9.17) is 4.74 Å². The van der Waals surface area contributed by atoms with E-state index in [9.17, 15) is 0 Å². The molecule has 2 N–H and O–H groups in total. The Labute approximate surface area is 62.1 Å². The van der Waals surface area contributed by atoms with Crippen LogP contribution in [0.15, 0.2) is 0 Å². The summed E-state index contributed by atoms with van der Waals surface area (Å²) in [6, 6.07) is 0.500. The van der Waals surface area contributed by atoms with Gasteiger partial charge in [0.25, 0.3) is 0 Å². The van der Waals surface area contributed by atoms with Crippen LogP contribution in [0.2, 0.25) is 0 Å². The van der Waals surface area contributed by atoms with Crippen LogP contribution in [0.5, 0.6) is 0 Å². The van der Waals surface area contributed by atoms with Gasteiger partial charge in [0.1, 0.15) is 0 Å². The highest BCUT2D eigenvalue weighted by atomic mass is 16.5. The lowest BCUT2D eigenvalue weighted by atomic mass is 10.2. The van der Waals surface area contributed by atoms with Crippen molar-refractivity contribution in [3.8, 4) is 0 Å². The fourth-order valence-electron chi connectivity index (χ4n) is 1.33. The van der Waals surface area contributed by atoms with Gasteiger partial charge in [-0.15, -0.1) is 0 Å². The molecule has 2 unspecified atom stereocenters. The molecule has 0 radical (unpaired) electrons. The highest BCUT2D eigenvalue weighted by molar-refractivity contribution is 4.86. The van der Waals surface area contributed by atoms with Gasteiger partial charge in [-0.25, -0.2) is 0 Å². The van der Waals surface area contributed by atoms with Crippen molar-refractivity contribution in [2.24, 2.45) is 0 Å². The molecule has 1 rings (SSSR count). The molecule has 1 aliphatic rings. The van der Waals surface area contributed by atoms with E-state index < -0.39 is 0 Å². The zero-order chi connectivity index (χ0) is 7.40. The van der Waals surface area contributed by atoms with Crippen LogP contribution in [-0.4, -0.2) is 38.9 Å². The summed E-state index contributed by atoms with van der Waals surface area (Å²) < 4.78 is 5.48. The minimum atomic E-state index is 0.370. The second-order valence-corrected chi connectivity index (χ2v) is 2.55. The molecular formula is C7H16N2O. The predicted octanol–water partition coefficient (Wildman–Crippen LogP) is -0.417. The number of hydrogen-bond donors (Lipinski definition) is 2. The van der Waals surface area contributed by atoms with Crippen molar-refractivity contribution in [1.29, 1.82) is 0 Å². The maximum absolute atomic E-state index is 5.48. The summed E-state index contributed by atoms with van der Waals surface area (Å²) in [5, 5.41) is 6.48. The highest BCUT2D eigenvalue weighted by Gasteiger charge is 2.25. The molecule has 3 heteroatoms. The van der Waals surface area contributed by atoms with E-state index in [1.54, 1.807) is 0 Å². The summed E-state index contributed by atoms with van der Waals surface area (Å²) in [6.07, 6.45) is 0.370. The first-order chi connectivity index (χ1) is 4.88. The fraction of sp³-hybridized carbons (Fsp3) is 1.00. The van der Waals surface area contributed by atoms with Crippen molar-refractivity contribution in [3.05, 3.63) is 0 Å². The van der Waals surface area contributed by atoms with Crippen molar-refractivity contribution in [1.82, 2.24) is 10.6 Å². The Morgan fingerprint density at radius 1 is 1.60 bits per heavy atom. The number of hydrogen-bond acceptors (Lipinski definition) is 3. The Hall–Kier alpha value is -0.120. The molecule has 0 amide bonds. The number of nitrogens with one attached hydrogen (secondary N) is 2. The molecule has 1 saturated heterocycles. The molecule has 0 spiro atoms. The van der Waals surface area contributed by atoms with Gasteiger partial charge in [-0.3, -0.25) is 0 Å². The van der Waals surface area contributed by atoms with Crippen LogP contribution in [0, 0.1) is 0 Å². The van der Waals surface area contributed by atoms with Gasteiger partial charge in [0, 0.05) is 25.7 Å². The number of ether oxygens (including phenoxy) is 1. The maximum atomic E-state index is 5.48. The van der Waals surface area contributed by atoms with E-state index in [1.807, 2.05) is 14.0 Å². The molecule has 2 atom stereocenters. The van der Waals surface area contributed by atoms with Crippen LogP contribution in [0.1, 0.15) is 6.92 Å². The third kappa shape index (κ3) is 1.68. The minimum absolute atomic E-state index is 0.370. The smallest absolute Gasteiger partial charge is 0.0864 e.